The predicted molar refractivity (Wildman–Crippen MR) is 103 cm³/mol. The van der Waals surface area contributed by atoms with Gasteiger partial charge in [-0.1, -0.05) is 54.6 Å². The standard InChI is InChI=1S/C22H19N3/c1-24-14-22-20(13-23)19-11-10-16(12-21(19)25(22)2)18-9-5-7-15-6-3-4-8-17(15)18/h3-12,24H,14H2,1-2H3. The molecule has 0 fully saturated rings. The van der Waals surface area contributed by atoms with Crippen molar-refractivity contribution >= 4 is 21.7 Å². The molecule has 3 aromatic carbocycles. The van der Waals surface area contributed by atoms with Crippen LogP contribution in [0.5, 0.6) is 0 Å². The van der Waals surface area contributed by atoms with Gasteiger partial charge < -0.3 is 9.88 Å². The molecule has 0 aliphatic carbocycles. The quantitative estimate of drug-likeness (QED) is 0.598. The van der Waals surface area contributed by atoms with Crippen LogP contribution >= 0.6 is 0 Å². The third-order valence-electron chi connectivity index (χ3n) is 4.88. The SMILES string of the molecule is CNCc1c(C#N)c2ccc(-c3cccc4ccccc34)cc2n1C. The molecule has 1 aromatic heterocycles. The van der Waals surface area contributed by atoms with Gasteiger partial charge in [0.05, 0.1) is 11.3 Å². The van der Waals surface area contributed by atoms with Gasteiger partial charge in [0.1, 0.15) is 6.07 Å². The second-order valence-electron chi connectivity index (χ2n) is 6.28. The van der Waals surface area contributed by atoms with E-state index in [2.05, 4.69) is 76.6 Å². The summed E-state index contributed by atoms with van der Waals surface area (Å²) < 4.78 is 2.12. The average Bonchev–Trinajstić information content (AvgIpc) is 2.92. The van der Waals surface area contributed by atoms with Crippen molar-refractivity contribution < 1.29 is 0 Å². The number of aromatic nitrogens is 1. The van der Waals surface area contributed by atoms with Gasteiger partial charge in [0.2, 0.25) is 0 Å². The van der Waals surface area contributed by atoms with Gasteiger partial charge in [0.25, 0.3) is 0 Å². The van der Waals surface area contributed by atoms with Crippen LogP contribution in [0, 0.1) is 11.3 Å². The van der Waals surface area contributed by atoms with Crippen molar-refractivity contribution in [2.24, 2.45) is 7.05 Å². The Morgan fingerprint density at radius 1 is 1.00 bits per heavy atom. The summed E-state index contributed by atoms with van der Waals surface area (Å²) in [5, 5.41) is 16.2. The Labute approximate surface area is 147 Å². The number of fused-ring (bicyclic) bond motifs is 2. The molecule has 0 aliphatic rings. The Kier molecular flexibility index (Phi) is 3.76. The molecule has 1 N–H and O–H groups in total. The smallest absolute Gasteiger partial charge is 0.102 e. The molecule has 0 amide bonds. The Morgan fingerprint density at radius 3 is 2.60 bits per heavy atom. The van der Waals surface area contributed by atoms with Gasteiger partial charge in [-0.2, -0.15) is 5.26 Å². The maximum atomic E-state index is 9.59. The highest BCUT2D eigenvalue weighted by Crippen LogP contribution is 2.33. The molecule has 25 heavy (non-hydrogen) atoms. The van der Waals surface area contributed by atoms with E-state index in [1.165, 1.54) is 21.9 Å². The number of nitrogens with zero attached hydrogens (tertiary/aromatic N) is 2. The zero-order valence-electron chi connectivity index (χ0n) is 14.4. The van der Waals surface area contributed by atoms with Crippen LogP contribution in [0.2, 0.25) is 0 Å². The highest BCUT2D eigenvalue weighted by Gasteiger charge is 2.15. The molecule has 3 nitrogen and oxygen atoms in total. The Bertz CT molecular complexity index is 1120. The van der Waals surface area contributed by atoms with Gasteiger partial charge in [-0.3, -0.25) is 0 Å². The maximum Gasteiger partial charge on any atom is 0.102 e. The fraction of sp³-hybridized carbons (Fsp3) is 0.136. The third kappa shape index (κ3) is 2.39. The van der Waals surface area contributed by atoms with E-state index < -0.39 is 0 Å². The van der Waals surface area contributed by atoms with Crippen LogP contribution in [0.1, 0.15) is 11.3 Å². The molecule has 0 bridgehead atoms. The van der Waals surface area contributed by atoms with E-state index in [4.69, 9.17) is 0 Å². The number of hydrogen-bond donors (Lipinski definition) is 1. The van der Waals surface area contributed by atoms with Crippen molar-refractivity contribution in [2.75, 3.05) is 7.05 Å². The number of benzene rings is 3. The van der Waals surface area contributed by atoms with Gasteiger partial charge >= 0.3 is 0 Å². The number of hydrogen-bond acceptors (Lipinski definition) is 2. The molecule has 0 aliphatic heterocycles. The zero-order chi connectivity index (χ0) is 17.4. The van der Waals surface area contributed by atoms with Crippen LogP contribution < -0.4 is 5.32 Å². The number of rotatable bonds is 3. The molecule has 0 saturated carbocycles. The summed E-state index contributed by atoms with van der Waals surface area (Å²) in [6.07, 6.45) is 0. The summed E-state index contributed by atoms with van der Waals surface area (Å²) >= 11 is 0. The lowest BCUT2D eigenvalue weighted by Crippen LogP contribution is -2.10. The van der Waals surface area contributed by atoms with Crippen LogP contribution in [0.15, 0.2) is 60.7 Å². The molecule has 0 spiro atoms. The fourth-order valence-corrected chi connectivity index (χ4v) is 3.63. The van der Waals surface area contributed by atoms with Gasteiger partial charge in [0.15, 0.2) is 0 Å². The highest BCUT2D eigenvalue weighted by molar-refractivity contribution is 5.99. The fourth-order valence-electron chi connectivity index (χ4n) is 3.63. The lowest BCUT2D eigenvalue weighted by Gasteiger charge is -2.08. The summed E-state index contributed by atoms with van der Waals surface area (Å²) in [6.45, 7) is 0.678. The molecule has 3 heteroatoms. The first-order valence-electron chi connectivity index (χ1n) is 8.38. The number of nitrogens with one attached hydrogen (secondary N) is 1. The second kappa shape index (κ2) is 6.08. The van der Waals surface area contributed by atoms with E-state index >= 15 is 0 Å². The normalized spacial score (nSPS) is 11.1. The van der Waals surface area contributed by atoms with E-state index in [0.717, 1.165) is 22.2 Å². The first-order valence-corrected chi connectivity index (χ1v) is 8.38. The summed E-state index contributed by atoms with van der Waals surface area (Å²) in [5.74, 6) is 0. The van der Waals surface area contributed by atoms with Gasteiger partial charge in [-0.05, 0) is 35.0 Å². The highest BCUT2D eigenvalue weighted by atomic mass is 15.0. The van der Waals surface area contributed by atoms with Crippen molar-refractivity contribution in [1.82, 2.24) is 9.88 Å². The Morgan fingerprint density at radius 2 is 1.80 bits per heavy atom. The average molecular weight is 325 g/mol. The summed E-state index contributed by atoms with van der Waals surface area (Å²) in [7, 11) is 3.93. The van der Waals surface area contributed by atoms with Crippen molar-refractivity contribution in [3.05, 3.63) is 71.9 Å². The molecule has 0 saturated heterocycles. The van der Waals surface area contributed by atoms with Gasteiger partial charge in [-0.15, -0.1) is 0 Å². The lowest BCUT2D eigenvalue weighted by atomic mass is 9.97. The third-order valence-corrected chi connectivity index (χ3v) is 4.88. The molecular formula is C22H19N3. The molecule has 4 aromatic rings. The van der Waals surface area contributed by atoms with Crippen molar-refractivity contribution in [3.8, 4) is 17.2 Å². The van der Waals surface area contributed by atoms with E-state index in [-0.39, 0.29) is 0 Å². The largest absolute Gasteiger partial charge is 0.345 e. The van der Waals surface area contributed by atoms with Crippen LogP contribution in [0.4, 0.5) is 0 Å². The summed E-state index contributed by atoms with van der Waals surface area (Å²) in [5.41, 5.74) is 5.26. The monoisotopic (exact) mass is 325 g/mol. The van der Waals surface area contributed by atoms with Crippen molar-refractivity contribution in [2.45, 2.75) is 6.54 Å². The minimum atomic E-state index is 0.678. The van der Waals surface area contributed by atoms with E-state index in [0.29, 0.717) is 6.54 Å². The van der Waals surface area contributed by atoms with E-state index in [1.807, 2.05) is 14.1 Å². The first-order chi connectivity index (χ1) is 12.2. The van der Waals surface area contributed by atoms with E-state index in [9.17, 15) is 5.26 Å². The predicted octanol–water partition coefficient (Wildman–Crippen LogP) is 4.59. The van der Waals surface area contributed by atoms with Gasteiger partial charge in [-0.25, -0.2) is 0 Å². The van der Waals surface area contributed by atoms with E-state index in [1.54, 1.807) is 0 Å². The van der Waals surface area contributed by atoms with Crippen LogP contribution in [-0.2, 0) is 13.6 Å². The summed E-state index contributed by atoms with van der Waals surface area (Å²) in [4.78, 5) is 0. The second-order valence-corrected chi connectivity index (χ2v) is 6.28. The van der Waals surface area contributed by atoms with Crippen LogP contribution in [0.25, 0.3) is 32.8 Å². The molecule has 4 rings (SSSR count). The van der Waals surface area contributed by atoms with Crippen molar-refractivity contribution in [1.29, 1.82) is 5.26 Å². The molecule has 0 atom stereocenters. The van der Waals surface area contributed by atoms with Crippen LogP contribution in [-0.4, -0.2) is 11.6 Å². The molecule has 0 unspecified atom stereocenters. The molecule has 0 radical (unpaired) electrons. The van der Waals surface area contributed by atoms with Crippen molar-refractivity contribution in [3.63, 3.8) is 0 Å². The first kappa shape index (κ1) is 15.4. The Hall–Kier alpha value is -3.09. The Balaban J connectivity index is 1.98. The zero-order valence-corrected chi connectivity index (χ0v) is 14.4. The lowest BCUT2D eigenvalue weighted by molar-refractivity contribution is 0.743. The number of nitriles is 1. The minimum absolute atomic E-state index is 0.678. The number of aryl methyl sites for hydroxylation is 1. The van der Waals surface area contributed by atoms with Gasteiger partial charge in [0, 0.05) is 24.5 Å². The molecule has 122 valence electrons. The maximum absolute atomic E-state index is 9.59. The van der Waals surface area contributed by atoms with Crippen LogP contribution in [0.3, 0.4) is 0 Å². The summed E-state index contributed by atoms with van der Waals surface area (Å²) in [6, 6.07) is 23.6. The molecular weight excluding hydrogens is 306 g/mol. The minimum Gasteiger partial charge on any atom is -0.345 e. The molecule has 1 heterocycles. The topological polar surface area (TPSA) is 40.8 Å².